The van der Waals surface area contributed by atoms with Crippen LogP contribution in [-0.4, -0.2) is 18.1 Å². The number of anilines is 2. The highest BCUT2D eigenvalue weighted by Gasteiger charge is 2.18. The fraction of sp³-hybridized carbons (Fsp3) is 0.214. The fourth-order valence-corrected chi connectivity index (χ4v) is 2.34. The minimum Gasteiger partial charge on any atom is -0.491 e. The maximum Gasteiger partial charge on any atom is 0.153 e. The molecule has 19 heavy (non-hydrogen) atoms. The molecule has 5 heteroatoms. The van der Waals surface area contributed by atoms with Crippen molar-refractivity contribution in [3.63, 3.8) is 0 Å². The minimum atomic E-state index is 0.447. The molecule has 0 unspecified atom stereocenters. The second kappa shape index (κ2) is 4.97. The van der Waals surface area contributed by atoms with E-state index in [2.05, 4.69) is 9.88 Å². The normalized spacial score (nSPS) is 14.5. The predicted octanol–water partition coefficient (Wildman–Crippen LogP) is 2.72. The molecule has 1 aromatic heterocycles. The Bertz CT molecular complexity index is 603. The molecule has 0 bridgehead atoms. The van der Waals surface area contributed by atoms with Crippen LogP contribution in [0.5, 0.6) is 5.75 Å². The number of fused-ring (bicyclic) bond motifs is 1. The van der Waals surface area contributed by atoms with Crippen molar-refractivity contribution >= 4 is 23.1 Å². The van der Waals surface area contributed by atoms with Gasteiger partial charge < -0.3 is 15.4 Å². The third kappa shape index (κ3) is 2.44. The molecule has 2 heterocycles. The number of nitrogens with two attached hydrogens (primary N) is 1. The lowest BCUT2D eigenvalue weighted by Gasteiger charge is -2.22. The molecule has 0 aliphatic carbocycles. The molecule has 2 aromatic rings. The predicted molar refractivity (Wildman–Crippen MR) is 76.6 cm³/mol. The van der Waals surface area contributed by atoms with E-state index in [1.165, 1.54) is 0 Å². The maximum absolute atomic E-state index is 5.99. The van der Waals surface area contributed by atoms with Crippen LogP contribution in [-0.2, 0) is 6.54 Å². The summed E-state index contributed by atoms with van der Waals surface area (Å²) < 4.78 is 5.73. The molecule has 0 spiro atoms. The quantitative estimate of drug-likeness (QED) is 0.813. The SMILES string of the molecule is Nc1ccc(Cl)nc1N1CCOc2ccccc2C1. The number of hydrogen-bond acceptors (Lipinski definition) is 4. The number of aromatic nitrogens is 1. The molecule has 0 amide bonds. The van der Waals surface area contributed by atoms with E-state index in [-0.39, 0.29) is 0 Å². The molecule has 2 N–H and O–H groups in total. The van der Waals surface area contributed by atoms with Gasteiger partial charge in [-0.2, -0.15) is 0 Å². The van der Waals surface area contributed by atoms with Crippen LogP contribution in [0.1, 0.15) is 5.56 Å². The number of benzene rings is 1. The Morgan fingerprint density at radius 1 is 1.21 bits per heavy atom. The van der Waals surface area contributed by atoms with Crippen LogP contribution < -0.4 is 15.4 Å². The third-order valence-corrected chi connectivity index (χ3v) is 3.33. The number of rotatable bonds is 1. The van der Waals surface area contributed by atoms with Gasteiger partial charge in [0, 0.05) is 12.1 Å². The molecule has 0 saturated heterocycles. The van der Waals surface area contributed by atoms with Crippen molar-refractivity contribution in [3.8, 4) is 5.75 Å². The van der Waals surface area contributed by atoms with Gasteiger partial charge in [-0.1, -0.05) is 29.8 Å². The van der Waals surface area contributed by atoms with Crippen LogP contribution >= 0.6 is 11.6 Å². The molecule has 1 aliphatic rings. The average molecular weight is 276 g/mol. The summed E-state index contributed by atoms with van der Waals surface area (Å²) in [5, 5.41) is 0.447. The summed E-state index contributed by atoms with van der Waals surface area (Å²) in [6.45, 7) is 2.05. The van der Waals surface area contributed by atoms with Gasteiger partial charge in [-0.05, 0) is 18.2 Å². The Balaban J connectivity index is 1.96. The van der Waals surface area contributed by atoms with Gasteiger partial charge >= 0.3 is 0 Å². The standard InChI is InChI=1S/C14H14ClN3O/c15-13-6-5-11(16)14(17-13)18-7-8-19-12-4-2-1-3-10(12)9-18/h1-6H,7-9,16H2. The summed E-state index contributed by atoms with van der Waals surface area (Å²) in [7, 11) is 0. The topological polar surface area (TPSA) is 51.4 Å². The number of pyridine rings is 1. The highest BCUT2D eigenvalue weighted by atomic mass is 35.5. The summed E-state index contributed by atoms with van der Waals surface area (Å²) in [6.07, 6.45) is 0. The minimum absolute atomic E-state index is 0.447. The largest absolute Gasteiger partial charge is 0.491 e. The van der Waals surface area contributed by atoms with E-state index in [4.69, 9.17) is 22.1 Å². The number of hydrogen-bond donors (Lipinski definition) is 1. The van der Waals surface area contributed by atoms with E-state index in [1.807, 2.05) is 24.3 Å². The molecular weight excluding hydrogens is 262 g/mol. The van der Waals surface area contributed by atoms with Crippen molar-refractivity contribution < 1.29 is 4.74 Å². The fourth-order valence-electron chi connectivity index (χ4n) is 2.20. The number of halogens is 1. The van der Waals surface area contributed by atoms with Crippen LogP contribution in [0.4, 0.5) is 11.5 Å². The summed E-state index contributed by atoms with van der Waals surface area (Å²) in [4.78, 5) is 6.41. The van der Waals surface area contributed by atoms with Crippen LogP contribution in [0.3, 0.4) is 0 Å². The molecule has 98 valence electrons. The lowest BCUT2D eigenvalue weighted by Crippen LogP contribution is -2.27. The van der Waals surface area contributed by atoms with Crippen LogP contribution in [0.15, 0.2) is 36.4 Å². The van der Waals surface area contributed by atoms with E-state index in [1.54, 1.807) is 12.1 Å². The zero-order valence-corrected chi connectivity index (χ0v) is 11.1. The van der Waals surface area contributed by atoms with E-state index >= 15 is 0 Å². The highest BCUT2D eigenvalue weighted by molar-refractivity contribution is 6.29. The van der Waals surface area contributed by atoms with Crippen molar-refractivity contribution in [1.82, 2.24) is 4.98 Å². The molecule has 1 aliphatic heterocycles. The van der Waals surface area contributed by atoms with Crippen molar-refractivity contribution in [2.45, 2.75) is 6.54 Å². The zero-order valence-electron chi connectivity index (χ0n) is 10.3. The van der Waals surface area contributed by atoms with E-state index < -0.39 is 0 Å². The monoisotopic (exact) mass is 275 g/mol. The Hall–Kier alpha value is -1.94. The zero-order chi connectivity index (χ0) is 13.2. The first kappa shape index (κ1) is 12.1. The van der Waals surface area contributed by atoms with E-state index in [0.717, 1.165) is 17.9 Å². The summed E-state index contributed by atoms with van der Waals surface area (Å²) in [6, 6.07) is 11.5. The Morgan fingerprint density at radius 2 is 2.05 bits per heavy atom. The molecule has 0 saturated carbocycles. The van der Waals surface area contributed by atoms with Crippen LogP contribution in [0.2, 0.25) is 5.15 Å². The Kier molecular flexibility index (Phi) is 3.17. The number of ether oxygens (including phenoxy) is 1. The van der Waals surface area contributed by atoms with Gasteiger partial charge in [-0.3, -0.25) is 0 Å². The molecule has 0 atom stereocenters. The molecular formula is C14H14ClN3O. The highest BCUT2D eigenvalue weighted by Crippen LogP contribution is 2.28. The molecule has 3 rings (SSSR count). The Labute approximate surface area is 116 Å². The van der Waals surface area contributed by atoms with Crippen molar-refractivity contribution in [3.05, 3.63) is 47.1 Å². The molecule has 0 radical (unpaired) electrons. The van der Waals surface area contributed by atoms with Crippen LogP contribution in [0.25, 0.3) is 0 Å². The lowest BCUT2D eigenvalue weighted by molar-refractivity contribution is 0.331. The molecule has 0 fully saturated rings. The number of nitrogens with zero attached hydrogens (tertiary/aromatic N) is 2. The van der Waals surface area contributed by atoms with Crippen molar-refractivity contribution in [2.75, 3.05) is 23.8 Å². The summed E-state index contributed by atoms with van der Waals surface area (Å²) >= 11 is 5.95. The van der Waals surface area contributed by atoms with E-state index in [0.29, 0.717) is 29.8 Å². The third-order valence-electron chi connectivity index (χ3n) is 3.12. The number of para-hydroxylation sites is 1. The van der Waals surface area contributed by atoms with Gasteiger partial charge in [-0.25, -0.2) is 4.98 Å². The summed E-state index contributed by atoms with van der Waals surface area (Å²) in [5.41, 5.74) is 7.74. The molecule has 1 aromatic carbocycles. The number of nitrogen functional groups attached to an aromatic ring is 1. The summed E-state index contributed by atoms with van der Waals surface area (Å²) in [5.74, 6) is 1.64. The second-order valence-corrected chi connectivity index (χ2v) is 4.81. The van der Waals surface area contributed by atoms with Gasteiger partial charge in [0.15, 0.2) is 5.82 Å². The lowest BCUT2D eigenvalue weighted by atomic mass is 10.2. The smallest absolute Gasteiger partial charge is 0.153 e. The first-order chi connectivity index (χ1) is 9.24. The van der Waals surface area contributed by atoms with Gasteiger partial charge in [0.25, 0.3) is 0 Å². The Morgan fingerprint density at radius 3 is 2.95 bits per heavy atom. The second-order valence-electron chi connectivity index (χ2n) is 4.42. The van der Waals surface area contributed by atoms with Crippen molar-refractivity contribution in [2.24, 2.45) is 0 Å². The van der Waals surface area contributed by atoms with Crippen molar-refractivity contribution in [1.29, 1.82) is 0 Å². The van der Waals surface area contributed by atoms with E-state index in [9.17, 15) is 0 Å². The van der Waals surface area contributed by atoms with Gasteiger partial charge in [0.2, 0.25) is 0 Å². The molecule has 4 nitrogen and oxygen atoms in total. The first-order valence-corrected chi connectivity index (χ1v) is 6.49. The van der Waals surface area contributed by atoms with Gasteiger partial charge in [0.1, 0.15) is 17.5 Å². The van der Waals surface area contributed by atoms with Gasteiger partial charge in [-0.15, -0.1) is 0 Å². The average Bonchev–Trinajstić information content (AvgIpc) is 2.63. The first-order valence-electron chi connectivity index (χ1n) is 6.12. The maximum atomic E-state index is 5.99. The van der Waals surface area contributed by atoms with Gasteiger partial charge in [0.05, 0.1) is 12.2 Å². The van der Waals surface area contributed by atoms with Crippen LogP contribution in [0, 0.1) is 0 Å².